The first-order valence-electron chi connectivity index (χ1n) is 9.99. The zero-order valence-electron chi connectivity index (χ0n) is 18.3. The minimum Gasteiger partial charge on any atom is -0.457 e. The van der Waals surface area contributed by atoms with Gasteiger partial charge in [0.15, 0.2) is 0 Å². The molecule has 0 atom stereocenters. The van der Waals surface area contributed by atoms with Crippen LogP contribution in [0.15, 0.2) is 60.8 Å². The van der Waals surface area contributed by atoms with Crippen LogP contribution in [0.3, 0.4) is 0 Å². The highest BCUT2D eigenvalue weighted by Gasteiger charge is 2.30. The summed E-state index contributed by atoms with van der Waals surface area (Å²) in [6, 6.07) is 11.6. The number of nitrogens with one attached hydrogen (secondary N) is 2. The Labute approximate surface area is 197 Å². The van der Waals surface area contributed by atoms with E-state index in [1.54, 1.807) is 6.07 Å². The maximum absolute atomic E-state index is 12.8. The second-order valence-electron chi connectivity index (χ2n) is 7.37. The topological polar surface area (TPSA) is 115 Å². The minimum atomic E-state index is -4.50. The van der Waals surface area contributed by atoms with Crippen LogP contribution >= 0.6 is 0 Å². The summed E-state index contributed by atoms with van der Waals surface area (Å²) < 4.78 is 70.1. The van der Waals surface area contributed by atoms with Gasteiger partial charge >= 0.3 is 6.18 Å². The number of alkyl halides is 3. The molecule has 0 spiro atoms. The molecule has 4 aromatic rings. The number of pyridine rings is 1. The van der Waals surface area contributed by atoms with E-state index in [1.165, 1.54) is 49.6 Å². The van der Waals surface area contributed by atoms with Gasteiger partial charge in [0.2, 0.25) is 16.0 Å². The van der Waals surface area contributed by atoms with Crippen LogP contribution in [0.4, 0.5) is 24.8 Å². The molecule has 35 heavy (non-hydrogen) atoms. The fourth-order valence-corrected chi connectivity index (χ4v) is 4.16. The summed E-state index contributed by atoms with van der Waals surface area (Å²) in [6.07, 6.45) is -2.11. The molecule has 2 aromatic carbocycles. The Balaban J connectivity index is 1.68. The monoisotopic (exact) mass is 505 g/mol. The fraction of sp³-hybridized carbons (Fsp3) is 0.136. The van der Waals surface area contributed by atoms with E-state index >= 15 is 0 Å². The van der Waals surface area contributed by atoms with E-state index in [0.717, 1.165) is 22.4 Å². The number of anilines is 2. The van der Waals surface area contributed by atoms with Crippen molar-refractivity contribution in [3.8, 4) is 11.5 Å². The van der Waals surface area contributed by atoms with Crippen LogP contribution in [0, 0.1) is 0 Å². The normalized spacial score (nSPS) is 11.9. The first kappa shape index (κ1) is 24.0. The van der Waals surface area contributed by atoms with Gasteiger partial charge < -0.3 is 15.4 Å². The molecule has 0 saturated carbocycles. The van der Waals surface area contributed by atoms with E-state index in [9.17, 15) is 26.4 Å². The molecule has 2 aromatic heterocycles. The highest BCUT2D eigenvalue weighted by molar-refractivity contribution is 7.89. The molecule has 0 aliphatic carbocycles. The molecule has 13 heteroatoms. The van der Waals surface area contributed by atoms with Gasteiger partial charge in [0, 0.05) is 31.1 Å². The standard InChI is InChI=1S/C22H18F3N5O4S/c1-26-20(31)18-12-16(9-10-27-18)34-15-7-8-19-17(11-15)29-21(30(19)35(2,32)33)28-14-5-3-13(4-6-14)22(23,24)25/h3-12H,1-2H3,(H,26,31)(H,28,29). The Bertz CT molecular complexity index is 1520. The van der Waals surface area contributed by atoms with Gasteiger partial charge in [-0.15, -0.1) is 0 Å². The molecule has 0 aliphatic rings. The SMILES string of the molecule is CNC(=O)c1cc(Oc2ccc3c(c2)nc(Nc2ccc(C(F)(F)F)cc2)n3S(C)(=O)=O)ccn1. The summed E-state index contributed by atoms with van der Waals surface area (Å²) in [7, 11) is -2.37. The molecule has 9 nitrogen and oxygen atoms in total. The van der Waals surface area contributed by atoms with Crippen molar-refractivity contribution in [1.82, 2.24) is 19.3 Å². The highest BCUT2D eigenvalue weighted by Crippen LogP contribution is 2.32. The molecule has 2 N–H and O–H groups in total. The second-order valence-corrected chi connectivity index (χ2v) is 9.20. The lowest BCUT2D eigenvalue weighted by Crippen LogP contribution is -2.18. The molecule has 0 bridgehead atoms. The molecule has 182 valence electrons. The second kappa shape index (κ2) is 8.91. The van der Waals surface area contributed by atoms with Crippen molar-refractivity contribution >= 4 is 38.6 Å². The maximum atomic E-state index is 12.8. The van der Waals surface area contributed by atoms with Gasteiger partial charge in [0.05, 0.1) is 22.9 Å². The van der Waals surface area contributed by atoms with Crippen molar-refractivity contribution in [3.05, 3.63) is 72.1 Å². The quantitative estimate of drug-likeness (QED) is 0.405. The number of aromatic nitrogens is 3. The lowest BCUT2D eigenvalue weighted by Gasteiger charge is -2.10. The Morgan fingerprint density at radius 1 is 1.03 bits per heavy atom. The van der Waals surface area contributed by atoms with Crippen molar-refractivity contribution in [2.45, 2.75) is 6.18 Å². The smallest absolute Gasteiger partial charge is 0.416 e. The lowest BCUT2D eigenvalue weighted by molar-refractivity contribution is -0.137. The third-order valence-corrected chi connectivity index (χ3v) is 5.84. The number of fused-ring (bicyclic) bond motifs is 1. The third-order valence-electron chi connectivity index (χ3n) is 4.81. The number of hydrogen-bond acceptors (Lipinski definition) is 7. The zero-order valence-corrected chi connectivity index (χ0v) is 19.1. The number of ether oxygens (including phenoxy) is 1. The molecule has 2 heterocycles. The fourth-order valence-electron chi connectivity index (χ4n) is 3.25. The van der Waals surface area contributed by atoms with Crippen LogP contribution in [0.5, 0.6) is 11.5 Å². The van der Waals surface area contributed by atoms with E-state index in [2.05, 4.69) is 20.6 Å². The average molecular weight is 505 g/mol. The van der Waals surface area contributed by atoms with Gasteiger partial charge in [0.25, 0.3) is 5.91 Å². The summed E-state index contributed by atoms with van der Waals surface area (Å²) in [4.78, 5) is 20.0. The van der Waals surface area contributed by atoms with E-state index in [0.29, 0.717) is 11.5 Å². The predicted molar refractivity (Wildman–Crippen MR) is 122 cm³/mol. The van der Waals surface area contributed by atoms with Crippen LogP contribution in [0.1, 0.15) is 16.1 Å². The predicted octanol–water partition coefficient (Wildman–Crippen LogP) is 4.15. The molecule has 0 aliphatic heterocycles. The third kappa shape index (κ3) is 5.19. The summed E-state index contributed by atoms with van der Waals surface area (Å²) in [5.41, 5.74) is 0.0127. The summed E-state index contributed by atoms with van der Waals surface area (Å²) >= 11 is 0. The molecular formula is C22H18F3N5O4S. The molecule has 0 saturated heterocycles. The number of nitrogens with zero attached hydrogens (tertiary/aromatic N) is 3. The van der Waals surface area contributed by atoms with E-state index < -0.39 is 27.7 Å². The van der Waals surface area contributed by atoms with Crippen molar-refractivity contribution in [1.29, 1.82) is 0 Å². The number of hydrogen-bond donors (Lipinski definition) is 2. The van der Waals surface area contributed by atoms with Gasteiger partial charge in [-0.2, -0.15) is 13.2 Å². The van der Waals surface area contributed by atoms with Crippen LogP contribution in [-0.4, -0.2) is 41.6 Å². The van der Waals surface area contributed by atoms with Gasteiger partial charge in [-0.3, -0.25) is 9.78 Å². The number of carbonyl (C=O) groups is 1. The average Bonchev–Trinajstić information content (AvgIpc) is 3.16. The van der Waals surface area contributed by atoms with Gasteiger partial charge in [0.1, 0.15) is 17.2 Å². The van der Waals surface area contributed by atoms with Gasteiger partial charge in [-0.1, -0.05) is 0 Å². The zero-order chi connectivity index (χ0) is 25.4. The molecular weight excluding hydrogens is 487 g/mol. The van der Waals surface area contributed by atoms with Crippen molar-refractivity contribution in [3.63, 3.8) is 0 Å². The Morgan fingerprint density at radius 2 is 1.71 bits per heavy atom. The van der Waals surface area contributed by atoms with Crippen molar-refractivity contribution < 1.29 is 31.1 Å². The van der Waals surface area contributed by atoms with Crippen molar-refractivity contribution in [2.24, 2.45) is 0 Å². The van der Waals surface area contributed by atoms with Crippen LogP contribution in [0.2, 0.25) is 0 Å². The first-order valence-corrected chi connectivity index (χ1v) is 11.8. The van der Waals surface area contributed by atoms with E-state index in [4.69, 9.17) is 4.74 Å². The number of halogens is 3. The molecule has 0 radical (unpaired) electrons. The number of benzene rings is 2. The van der Waals surface area contributed by atoms with Gasteiger partial charge in [-0.25, -0.2) is 17.4 Å². The summed E-state index contributed by atoms with van der Waals surface area (Å²) in [5, 5.41) is 5.22. The number of amides is 1. The Hall–Kier alpha value is -4.13. The number of carbonyl (C=O) groups excluding carboxylic acids is 1. The number of rotatable bonds is 6. The maximum Gasteiger partial charge on any atom is 0.416 e. The van der Waals surface area contributed by atoms with Crippen molar-refractivity contribution in [2.75, 3.05) is 18.6 Å². The minimum absolute atomic E-state index is 0.106. The first-order chi connectivity index (χ1) is 16.5. The Morgan fingerprint density at radius 3 is 2.34 bits per heavy atom. The summed E-state index contributed by atoms with van der Waals surface area (Å²) in [6.45, 7) is 0. The molecule has 0 unspecified atom stereocenters. The summed E-state index contributed by atoms with van der Waals surface area (Å²) in [5.74, 6) is 0.136. The molecule has 0 fully saturated rings. The van der Waals surface area contributed by atoms with Crippen LogP contribution in [0.25, 0.3) is 11.0 Å². The van der Waals surface area contributed by atoms with Crippen LogP contribution in [-0.2, 0) is 16.2 Å². The largest absolute Gasteiger partial charge is 0.457 e. The van der Waals surface area contributed by atoms with E-state index in [-0.39, 0.29) is 28.4 Å². The molecule has 4 rings (SSSR count). The lowest BCUT2D eigenvalue weighted by atomic mass is 10.2. The van der Waals surface area contributed by atoms with E-state index in [1.807, 2.05) is 0 Å². The Kier molecular flexibility index (Phi) is 6.11. The highest BCUT2D eigenvalue weighted by atomic mass is 32.2. The van der Waals surface area contributed by atoms with Crippen LogP contribution < -0.4 is 15.4 Å². The molecule has 1 amide bonds. The van der Waals surface area contributed by atoms with Gasteiger partial charge in [-0.05, 0) is 42.5 Å². The number of imidazole rings is 1.